The van der Waals surface area contributed by atoms with Crippen molar-refractivity contribution < 1.29 is 14.3 Å². The number of carbonyl (C=O) groups excluding carboxylic acids is 1. The van der Waals surface area contributed by atoms with Crippen LogP contribution in [0.1, 0.15) is 36.6 Å². The molecule has 4 aromatic rings. The predicted molar refractivity (Wildman–Crippen MR) is 161 cm³/mol. The maximum absolute atomic E-state index is 13.8. The van der Waals surface area contributed by atoms with Crippen LogP contribution >= 0.6 is 34.7 Å². The third kappa shape index (κ3) is 5.94. The first-order valence-electron chi connectivity index (χ1n) is 12.7. The number of esters is 1. The summed E-state index contributed by atoms with van der Waals surface area (Å²) in [6.07, 6.45) is 3.84. The Labute approximate surface area is 245 Å². The number of halogens is 1. The summed E-state index contributed by atoms with van der Waals surface area (Å²) in [5, 5.41) is 0.686. The van der Waals surface area contributed by atoms with Crippen molar-refractivity contribution in [3.05, 3.63) is 125 Å². The number of thioether (sulfide) groups is 1. The summed E-state index contributed by atoms with van der Waals surface area (Å²) in [6.45, 7) is 4.21. The number of nitrogens with zero attached hydrogens (tertiary/aromatic N) is 2. The normalized spacial score (nSPS) is 15.0. The van der Waals surface area contributed by atoms with E-state index in [2.05, 4.69) is 4.99 Å². The zero-order valence-corrected chi connectivity index (χ0v) is 24.6. The second-order valence-corrected chi connectivity index (χ2v) is 11.4. The van der Waals surface area contributed by atoms with Crippen molar-refractivity contribution >= 4 is 46.7 Å². The van der Waals surface area contributed by atoms with E-state index in [4.69, 9.17) is 21.1 Å². The number of carbonyl (C=O) groups is 1. The number of benzene rings is 3. The maximum Gasteiger partial charge on any atom is 0.338 e. The summed E-state index contributed by atoms with van der Waals surface area (Å²) >= 11 is 8.88. The van der Waals surface area contributed by atoms with Crippen molar-refractivity contribution in [2.45, 2.75) is 31.4 Å². The summed E-state index contributed by atoms with van der Waals surface area (Å²) in [4.78, 5) is 33.1. The van der Waals surface area contributed by atoms with Gasteiger partial charge in [-0.25, -0.2) is 9.79 Å². The first kappa shape index (κ1) is 28.0. The molecule has 0 bridgehead atoms. The molecule has 0 amide bonds. The molecule has 1 aliphatic rings. The molecule has 9 heteroatoms. The van der Waals surface area contributed by atoms with Crippen LogP contribution in [-0.4, -0.2) is 23.4 Å². The smallest absolute Gasteiger partial charge is 0.338 e. The van der Waals surface area contributed by atoms with E-state index in [1.807, 2.05) is 85.1 Å². The van der Waals surface area contributed by atoms with E-state index in [0.29, 0.717) is 32.2 Å². The lowest BCUT2D eigenvalue weighted by Gasteiger charge is -2.24. The molecule has 0 saturated heterocycles. The Balaban J connectivity index is 1.49. The van der Waals surface area contributed by atoms with Crippen LogP contribution in [-0.2, 0) is 16.1 Å². The van der Waals surface area contributed by atoms with Crippen LogP contribution in [0.4, 0.5) is 0 Å². The van der Waals surface area contributed by atoms with Gasteiger partial charge in [0.2, 0.25) is 0 Å². The average Bonchev–Trinajstić information content (AvgIpc) is 3.26. The Kier molecular flexibility index (Phi) is 8.59. The van der Waals surface area contributed by atoms with Gasteiger partial charge >= 0.3 is 5.97 Å². The molecule has 204 valence electrons. The molecule has 1 aliphatic heterocycles. The molecular formula is C31H27ClN2O4S2. The van der Waals surface area contributed by atoms with Crippen LogP contribution in [0, 0.1) is 0 Å². The predicted octanol–water partition coefficient (Wildman–Crippen LogP) is 5.75. The summed E-state index contributed by atoms with van der Waals surface area (Å²) in [7, 11) is 0. The molecule has 0 fully saturated rings. The van der Waals surface area contributed by atoms with Gasteiger partial charge in [0.1, 0.15) is 12.4 Å². The monoisotopic (exact) mass is 590 g/mol. The van der Waals surface area contributed by atoms with Crippen LogP contribution in [0.15, 0.2) is 98.7 Å². The summed E-state index contributed by atoms with van der Waals surface area (Å²) < 4.78 is 13.4. The Morgan fingerprint density at radius 1 is 1.07 bits per heavy atom. The van der Waals surface area contributed by atoms with Crippen molar-refractivity contribution in [1.82, 2.24) is 4.57 Å². The molecule has 0 N–H and O–H groups in total. The van der Waals surface area contributed by atoms with Crippen molar-refractivity contribution in [3.8, 4) is 5.75 Å². The zero-order valence-electron chi connectivity index (χ0n) is 22.2. The molecule has 1 aromatic heterocycles. The van der Waals surface area contributed by atoms with Gasteiger partial charge in [-0.15, -0.1) is 11.8 Å². The van der Waals surface area contributed by atoms with E-state index in [9.17, 15) is 9.59 Å². The lowest BCUT2D eigenvalue weighted by Crippen LogP contribution is -2.39. The molecule has 2 heterocycles. The Morgan fingerprint density at radius 2 is 1.77 bits per heavy atom. The van der Waals surface area contributed by atoms with E-state index in [0.717, 1.165) is 27.3 Å². The molecule has 0 unspecified atom stereocenters. The van der Waals surface area contributed by atoms with Crippen molar-refractivity contribution in [2.75, 3.05) is 12.9 Å². The second kappa shape index (κ2) is 12.3. The summed E-state index contributed by atoms with van der Waals surface area (Å²) in [6, 6.07) is 22.3. The highest BCUT2D eigenvalue weighted by atomic mass is 35.5. The van der Waals surface area contributed by atoms with E-state index in [-0.39, 0.29) is 12.2 Å². The van der Waals surface area contributed by atoms with E-state index in [1.54, 1.807) is 30.2 Å². The van der Waals surface area contributed by atoms with Crippen LogP contribution in [0.3, 0.4) is 0 Å². The van der Waals surface area contributed by atoms with E-state index in [1.165, 1.54) is 11.3 Å². The molecule has 3 aromatic carbocycles. The number of thiazole rings is 1. The zero-order chi connectivity index (χ0) is 28.2. The standard InChI is InChI=1S/C31H27ClN2O4S2/c1-4-37-30(36)27-19(2)33-31-34(28(27)22-9-15-25(39-3)16-10-22)29(35)26(40-31)17-20-7-13-24(14-8-20)38-18-21-5-11-23(32)12-6-21/h5-17,28H,4,18H2,1-3H3/b26-17+/t28-/m0/s1. The fourth-order valence-corrected chi connectivity index (χ4v) is 6.03. The Morgan fingerprint density at radius 3 is 2.42 bits per heavy atom. The van der Waals surface area contributed by atoms with Gasteiger partial charge in [-0.05, 0) is 79.3 Å². The number of rotatable bonds is 8. The number of hydrogen-bond donors (Lipinski definition) is 0. The highest BCUT2D eigenvalue weighted by Gasteiger charge is 2.33. The van der Waals surface area contributed by atoms with Gasteiger partial charge in [0.25, 0.3) is 5.56 Å². The molecule has 0 spiro atoms. The van der Waals surface area contributed by atoms with Crippen LogP contribution in [0.5, 0.6) is 5.75 Å². The lowest BCUT2D eigenvalue weighted by atomic mass is 9.96. The Hall–Kier alpha value is -3.59. The highest BCUT2D eigenvalue weighted by molar-refractivity contribution is 7.98. The molecule has 6 nitrogen and oxygen atoms in total. The minimum absolute atomic E-state index is 0.208. The summed E-state index contributed by atoms with van der Waals surface area (Å²) in [5.41, 5.74) is 3.41. The molecule has 5 rings (SSSR count). The fraction of sp³-hybridized carbons (Fsp3) is 0.194. The quantitative estimate of drug-likeness (QED) is 0.193. The van der Waals surface area contributed by atoms with Gasteiger partial charge < -0.3 is 9.47 Å². The average molecular weight is 591 g/mol. The summed E-state index contributed by atoms with van der Waals surface area (Å²) in [5.74, 6) is 0.253. The molecule has 1 atom stereocenters. The first-order chi connectivity index (χ1) is 19.4. The van der Waals surface area contributed by atoms with Gasteiger partial charge in [-0.3, -0.25) is 9.36 Å². The van der Waals surface area contributed by atoms with Gasteiger partial charge in [0, 0.05) is 9.92 Å². The molecule has 0 saturated carbocycles. The number of ether oxygens (including phenoxy) is 2. The van der Waals surface area contributed by atoms with Gasteiger partial charge in [0.05, 0.1) is 28.5 Å². The van der Waals surface area contributed by atoms with Crippen molar-refractivity contribution in [1.29, 1.82) is 0 Å². The largest absolute Gasteiger partial charge is 0.489 e. The fourth-order valence-electron chi connectivity index (χ4n) is 4.45. The molecule has 0 aliphatic carbocycles. The minimum atomic E-state index is -0.628. The highest BCUT2D eigenvalue weighted by Crippen LogP contribution is 2.31. The third-order valence-corrected chi connectivity index (χ3v) is 8.42. The number of allylic oxidation sites excluding steroid dienone is 1. The Bertz CT molecular complexity index is 1740. The second-order valence-electron chi connectivity index (χ2n) is 9.06. The molecule has 40 heavy (non-hydrogen) atoms. The first-order valence-corrected chi connectivity index (χ1v) is 15.1. The maximum atomic E-state index is 13.8. The van der Waals surface area contributed by atoms with Crippen molar-refractivity contribution in [3.63, 3.8) is 0 Å². The topological polar surface area (TPSA) is 69.9 Å². The number of fused-ring (bicyclic) bond motifs is 1. The van der Waals surface area contributed by atoms with Crippen LogP contribution < -0.4 is 19.6 Å². The van der Waals surface area contributed by atoms with Gasteiger partial charge in [-0.1, -0.05) is 59.3 Å². The number of aromatic nitrogens is 1. The third-order valence-electron chi connectivity index (χ3n) is 6.45. The number of hydrogen-bond acceptors (Lipinski definition) is 7. The molecular weight excluding hydrogens is 564 g/mol. The lowest BCUT2D eigenvalue weighted by molar-refractivity contribution is -0.139. The van der Waals surface area contributed by atoms with Crippen LogP contribution in [0.25, 0.3) is 6.08 Å². The van der Waals surface area contributed by atoms with Crippen molar-refractivity contribution in [2.24, 2.45) is 4.99 Å². The SMILES string of the molecule is CCOC(=O)C1=C(C)N=c2s/c(=C/c3ccc(OCc4ccc(Cl)cc4)cc3)c(=O)n2[C@H]1c1ccc(SC)cc1. The van der Waals surface area contributed by atoms with E-state index >= 15 is 0 Å². The van der Waals surface area contributed by atoms with E-state index < -0.39 is 12.0 Å². The van der Waals surface area contributed by atoms with Crippen LogP contribution in [0.2, 0.25) is 5.02 Å². The molecule has 0 radical (unpaired) electrons. The minimum Gasteiger partial charge on any atom is -0.489 e. The van der Waals surface area contributed by atoms with Gasteiger partial charge in [-0.2, -0.15) is 0 Å². The van der Waals surface area contributed by atoms with Gasteiger partial charge in [0.15, 0.2) is 4.80 Å².